The van der Waals surface area contributed by atoms with Gasteiger partial charge in [-0.05, 0) is 43.7 Å². The van der Waals surface area contributed by atoms with Gasteiger partial charge in [-0.1, -0.05) is 18.2 Å². The largest absolute Gasteiger partial charge is 0.491 e. The molecule has 1 aromatic carbocycles. The van der Waals surface area contributed by atoms with Crippen molar-refractivity contribution in [2.75, 3.05) is 13.1 Å². The predicted octanol–water partition coefficient (Wildman–Crippen LogP) is 2.45. The summed E-state index contributed by atoms with van der Waals surface area (Å²) in [4.78, 5) is 18.8. The number of carbonyl (C=O) groups is 1. The number of pyridine rings is 1. The molecule has 1 aliphatic heterocycles. The van der Waals surface area contributed by atoms with Crippen LogP contribution in [0.5, 0.6) is 5.75 Å². The molecule has 1 amide bonds. The summed E-state index contributed by atoms with van der Waals surface area (Å²) in [6.07, 6.45) is 2.61. The van der Waals surface area contributed by atoms with Gasteiger partial charge in [-0.3, -0.25) is 14.7 Å². The minimum atomic E-state index is -0.210. The number of amides is 1. The molecule has 0 radical (unpaired) electrons. The molecule has 2 aromatic heterocycles. The molecule has 1 aliphatic rings. The Hall–Kier alpha value is -3.26. The van der Waals surface area contributed by atoms with E-state index in [1.54, 1.807) is 24.4 Å². The van der Waals surface area contributed by atoms with Crippen LogP contribution in [0.25, 0.3) is 0 Å². The van der Waals surface area contributed by atoms with Gasteiger partial charge in [0.25, 0.3) is 5.91 Å². The number of carbonyl (C=O) groups excluding carboxylic acids is 1. The zero-order valence-corrected chi connectivity index (χ0v) is 18.0. The first-order valence-corrected chi connectivity index (χ1v) is 10.7. The number of fused-ring (bicyclic) bond motifs is 1. The Morgan fingerprint density at radius 3 is 2.68 bits per heavy atom. The van der Waals surface area contributed by atoms with Gasteiger partial charge in [-0.2, -0.15) is 0 Å². The lowest BCUT2D eigenvalue weighted by molar-refractivity contribution is 0.0944. The van der Waals surface area contributed by atoms with E-state index in [2.05, 4.69) is 42.1 Å². The third kappa shape index (κ3) is 5.46. The molecule has 3 heterocycles. The third-order valence-corrected chi connectivity index (χ3v) is 5.20. The van der Waals surface area contributed by atoms with E-state index in [-0.39, 0.29) is 12.0 Å². The highest BCUT2D eigenvalue weighted by atomic mass is 16.5. The normalized spacial score (nSPS) is 14.2. The minimum absolute atomic E-state index is 0.176. The van der Waals surface area contributed by atoms with Crippen LogP contribution < -0.4 is 10.1 Å². The van der Waals surface area contributed by atoms with Gasteiger partial charge in [0.15, 0.2) is 5.82 Å². The van der Waals surface area contributed by atoms with Crippen LogP contribution in [-0.2, 0) is 26.1 Å². The molecule has 162 valence electrons. The van der Waals surface area contributed by atoms with Gasteiger partial charge in [0.2, 0.25) is 0 Å². The minimum Gasteiger partial charge on any atom is -0.491 e. The Morgan fingerprint density at radius 1 is 1.10 bits per heavy atom. The van der Waals surface area contributed by atoms with Crippen LogP contribution in [0, 0.1) is 0 Å². The molecule has 0 atom stereocenters. The number of hydrogen-bond acceptors (Lipinski definition) is 6. The van der Waals surface area contributed by atoms with E-state index in [0.717, 1.165) is 50.0 Å². The molecule has 0 saturated heterocycles. The third-order valence-electron chi connectivity index (χ3n) is 5.20. The van der Waals surface area contributed by atoms with Crippen molar-refractivity contribution in [3.63, 3.8) is 0 Å². The zero-order valence-electron chi connectivity index (χ0n) is 18.0. The maximum Gasteiger partial charge on any atom is 0.270 e. The van der Waals surface area contributed by atoms with Gasteiger partial charge in [-0.15, -0.1) is 10.2 Å². The summed E-state index contributed by atoms with van der Waals surface area (Å²) in [6.45, 7) is 7.89. The Kier molecular flexibility index (Phi) is 6.57. The standard InChI is InChI=1S/C23H28N6O2/c1-17(2)31-19-8-6-18(7-9-19)16-28-12-10-21-26-27-22(29(21)14-13-28)15-25-23(30)20-5-3-4-11-24-20/h3-9,11,17H,10,12-16H2,1-2H3,(H,25,30). The summed E-state index contributed by atoms with van der Waals surface area (Å²) in [7, 11) is 0. The summed E-state index contributed by atoms with van der Waals surface area (Å²) in [5.41, 5.74) is 1.66. The lowest BCUT2D eigenvalue weighted by atomic mass is 10.2. The first-order chi connectivity index (χ1) is 15.1. The monoisotopic (exact) mass is 420 g/mol. The van der Waals surface area contributed by atoms with Crippen molar-refractivity contribution >= 4 is 5.91 Å². The highest BCUT2D eigenvalue weighted by Gasteiger charge is 2.19. The fraction of sp³-hybridized carbons (Fsp3) is 0.391. The maximum absolute atomic E-state index is 12.3. The van der Waals surface area contributed by atoms with Crippen LogP contribution in [-0.4, -0.2) is 49.7 Å². The van der Waals surface area contributed by atoms with Crippen LogP contribution >= 0.6 is 0 Å². The quantitative estimate of drug-likeness (QED) is 0.632. The SMILES string of the molecule is CC(C)Oc1ccc(CN2CCc3nnc(CNC(=O)c4ccccn4)n3CC2)cc1. The van der Waals surface area contributed by atoms with Gasteiger partial charge in [-0.25, -0.2) is 0 Å². The Morgan fingerprint density at radius 2 is 1.94 bits per heavy atom. The molecule has 0 aliphatic carbocycles. The number of hydrogen-bond donors (Lipinski definition) is 1. The molecular weight excluding hydrogens is 392 g/mol. The van der Waals surface area contributed by atoms with Crippen molar-refractivity contribution in [2.45, 2.75) is 46.0 Å². The Bertz CT molecular complexity index is 1000. The second kappa shape index (κ2) is 9.70. The average Bonchev–Trinajstić information content (AvgIpc) is 3.06. The van der Waals surface area contributed by atoms with Crippen LogP contribution in [0.1, 0.15) is 41.5 Å². The van der Waals surface area contributed by atoms with E-state index in [4.69, 9.17) is 4.74 Å². The average molecular weight is 421 g/mol. The molecule has 3 aromatic rings. The van der Waals surface area contributed by atoms with Crippen LogP contribution in [0.3, 0.4) is 0 Å². The van der Waals surface area contributed by atoms with Crippen molar-refractivity contribution in [1.82, 2.24) is 30.0 Å². The fourth-order valence-electron chi connectivity index (χ4n) is 3.67. The van der Waals surface area contributed by atoms with Crippen molar-refractivity contribution in [3.8, 4) is 5.75 Å². The van der Waals surface area contributed by atoms with Crippen molar-refractivity contribution in [3.05, 3.63) is 71.6 Å². The van der Waals surface area contributed by atoms with Gasteiger partial charge >= 0.3 is 0 Å². The topological polar surface area (TPSA) is 85.2 Å². The highest BCUT2D eigenvalue weighted by Crippen LogP contribution is 2.17. The van der Waals surface area contributed by atoms with E-state index in [1.165, 1.54) is 5.56 Å². The summed E-state index contributed by atoms with van der Waals surface area (Å²) in [6, 6.07) is 13.6. The van der Waals surface area contributed by atoms with Crippen molar-refractivity contribution in [2.24, 2.45) is 0 Å². The lowest BCUT2D eigenvalue weighted by Gasteiger charge is -2.20. The molecule has 4 rings (SSSR count). The molecule has 31 heavy (non-hydrogen) atoms. The fourth-order valence-corrected chi connectivity index (χ4v) is 3.67. The summed E-state index contributed by atoms with van der Waals surface area (Å²) >= 11 is 0. The molecule has 0 fully saturated rings. The predicted molar refractivity (Wildman–Crippen MR) is 117 cm³/mol. The number of ether oxygens (including phenoxy) is 1. The smallest absolute Gasteiger partial charge is 0.270 e. The van der Waals surface area contributed by atoms with Gasteiger partial charge < -0.3 is 14.6 Å². The van der Waals surface area contributed by atoms with Crippen molar-refractivity contribution in [1.29, 1.82) is 0 Å². The number of aromatic nitrogens is 4. The van der Waals surface area contributed by atoms with Gasteiger partial charge in [0.1, 0.15) is 17.3 Å². The molecule has 8 heteroatoms. The Labute approximate surface area is 182 Å². The molecule has 8 nitrogen and oxygen atoms in total. The zero-order chi connectivity index (χ0) is 21.6. The maximum atomic E-state index is 12.3. The van der Waals surface area contributed by atoms with Crippen LogP contribution in [0.2, 0.25) is 0 Å². The van der Waals surface area contributed by atoms with E-state index in [9.17, 15) is 4.79 Å². The highest BCUT2D eigenvalue weighted by molar-refractivity contribution is 5.92. The second-order valence-electron chi connectivity index (χ2n) is 7.92. The number of rotatable bonds is 7. The van der Waals surface area contributed by atoms with E-state index in [1.807, 2.05) is 26.0 Å². The molecule has 1 N–H and O–H groups in total. The first-order valence-electron chi connectivity index (χ1n) is 10.7. The van der Waals surface area contributed by atoms with Gasteiger partial charge in [0, 0.05) is 38.8 Å². The summed E-state index contributed by atoms with van der Waals surface area (Å²) in [5.74, 6) is 2.43. The van der Waals surface area contributed by atoms with Crippen LogP contribution in [0.15, 0.2) is 48.7 Å². The molecule has 0 saturated carbocycles. The molecular formula is C23H28N6O2. The lowest BCUT2D eigenvalue weighted by Crippen LogP contribution is -2.28. The van der Waals surface area contributed by atoms with E-state index >= 15 is 0 Å². The first kappa shape index (κ1) is 21.0. The number of nitrogens with zero attached hydrogens (tertiary/aromatic N) is 5. The molecule has 0 spiro atoms. The summed E-state index contributed by atoms with van der Waals surface area (Å²) in [5, 5.41) is 11.5. The number of nitrogens with one attached hydrogen (secondary N) is 1. The summed E-state index contributed by atoms with van der Waals surface area (Å²) < 4.78 is 7.85. The molecule has 0 bridgehead atoms. The molecule has 0 unspecified atom stereocenters. The van der Waals surface area contributed by atoms with Crippen molar-refractivity contribution < 1.29 is 9.53 Å². The second-order valence-corrected chi connectivity index (χ2v) is 7.92. The van der Waals surface area contributed by atoms with E-state index < -0.39 is 0 Å². The van der Waals surface area contributed by atoms with Crippen LogP contribution in [0.4, 0.5) is 0 Å². The Balaban J connectivity index is 1.33. The van der Waals surface area contributed by atoms with E-state index in [0.29, 0.717) is 12.2 Å². The van der Waals surface area contributed by atoms with Gasteiger partial charge in [0.05, 0.1) is 12.6 Å². The number of benzene rings is 1.